The summed E-state index contributed by atoms with van der Waals surface area (Å²) in [5.41, 5.74) is 0.0256. The van der Waals surface area contributed by atoms with Gasteiger partial charge in [0.2, 0.25) is 0 Å². The van der Waals surface area contributed by atoms with Crippen LogP contribution in [-0.2, 0) is 0 Å². The number of nitrogens with zero attached hydrogens (tertiary/aromatic N) is 3. The summed E-state index contributed by atoms with van der Waals surface area (Å²) in [6.07, 6.45) is 3.99. The summed E-state index contributed by atoms with van der Waals surface area (Å²) in [7, 11) is 0. The second-order valence-electron chi connectivity index (χ2n) is 4.09. The number of carboxylic acids is 1. The van der Waals surface area contributed by atoms with E-state index < -0.39 is 5.97 Å². The van der Waals surface area contributed by atoms with Crippen LogP contribution >= 0.6 is 0 Å². The molecule has 0 saturated heterocycles. The fourth-order valence-electron chi connectivity index (χ4n) is 1.58. The third-order valence-electron chi connectivity index (χ3n) is 2.79. The normalized spacial score (nSPS) is 12.2. The Balaban J connectivity index is 2.99. The van der Waals surface area contributed by atoms with Crippen molar-refractivity contribution < 1.29 is 9.90 Å². The number of hydrogen-bond donors (Lipinski definition) is 1. The first-order valence-electron chi connectivity index (χ1n) is 5.89. The Bertz CT molecular complexity index is 382. The molecule has 0 bridgehead atoms. The van der Waals surface area contributed by atoms with E-state index in [0.29, 0.717) is 11.7 Å². The Morgan fingerprint density at radius 1 is 1.41 bits per heavy atom. The zero-order valence-electron chi connectivity index (χ0n) is 10.6. The molecular weight excluding hydrogens is 218 g/mol. The van der Waals surface area contributed by atoms with Gasteiger partial charge in [0, 0.05) is 25.5 Å². The van der Waals surface area contributed by atoms with E-state index in [0.717, 1.165) is 19.5 Å². The maximum Gasteiger partial charge on any atom is 0.358 e. The van der Waals surface area contributed by atoms with Gasteiger partial charge in [-0.1, -0.05) is 20.3 Å². The predicted molar refractivity (Wildman–Crippen MR) is 66.3 cm³/mol. The molecule has 1 heterocycles. The average Bonchev–Trinajstić information content (AvgIpc) is 2.35. The van der Waals surface area contributed by atoms with Crippen molar-refractivity contribution in [3.63, 3.8) is 0 Å². The number of carboxylic acid groups (broad SMARTS) is 1. The average molecular weight is 237 g/mol. The highest BCUT2D eigenvalue weighted by molar-refractivity contribution is 5.90. The van der Waals surface area contributed by atoms with Crippen LogP contribution in [-0.4, -0.2) is 34.1 Å². The summed E-state index contributed by atoms with van der Waals surface area (Å²) < 4.78 is 0. The topological polar surface area (TPSA) is 66.3 Å². The summed E-state index contributed by atoms with van der Waals surface area (Å²) in [6.45, 7) is 7.77. The van der Waals surface area contributed by atoms with Gasteiger partial charge in [-0.15, -0.1) is 0 Å². The van der Waals surface area contributed by atoms with Crippen molar-refractivity contribution in [2.45, 2.75) is 27.2 Å². The summed E-state index contributed by atoms with van der Waals surface area (Å²) in [4.78, 5) is 21.0. The van der Waals surface area contributed by atoms with Gasteiger partial charge in [-0.05, 0) is 12.8 Å². The molecule has 0 aliphatic rings. The van der Waals surface area contributed by atoms with Gasteiger partial charge in [0.25, 0.3) is 0 Å². The molecule has 0 saturated carbocycles. The number of rotatable bonds is 6. The van der Waals surface area contributed by atoms with E-state index in [1.165, 1.54) is 12.4 Å². The Hall–Kier alpha value is -1.65. The van der Waals surface area contributed by atoms with E-state index in [-0.39, 0.29) is 5.69 Å². The lowest BCUT2D eigenvalue weighted by Gasteiger charge is -2.25. The number of hydrogen-bond acceptors (Lipinski definition) is 4. The molecule has 0 aliphatic carbocycles. The molecule has 1 aromatic rings. The highest BCUT2D eigenvalue weighted by Gasteiger charge is 2.18. The van der Waals surface area contributed by atoms with Crippen LogP contribution in [0.25, 0.3) is 0 Å². The van der Waals surface area contributed by atoms with Crippen LogP contribution in [0.1, 0.15) is 37.7 Å². The number of aromatic carboxylic acids is 1. The molecular formula is C12H19N3O2. The lowest BCUT2D eigenvalue weighted by atomic mass is 10.1. The highest BCUT2D eigenvalue weighted by Crippen LogP contribution is 2.17. The summed E-state index contributed by atoms with van der Waals surface area (Å²) in [5, 5.41) is 9.07. The van der Waals surface area contributed by atoms with E-state index in [9.17, 15) is 4.79 Å². The Labute approximate surface area is 102 Å². The standard InChI is InChI=1S/C12H19N3O2/c1-4-9(3)8-15(5-2)11-10(12(16)17)13-6-7-14-11/h6-7,9H,4-5,8H2,1-3H3,(H,16,17). The van der Waals surface area contributed by atoms with Gasteiger partial charge in [-0.25, -0.2) is 14.8 Å². The summed E-state index contributed by atoms with van der Waals surface area (Å²) in [6, 6.07) is 0. The smallest absolute Gasteiger partial charge is 0.358 e. The van der Waals surface area contributed by atoms with Crippen LogP contribution in [0.5, 0.6) is 0 Å². The third-order valence-corrected chi connectivity index (χ3v) is 2.79. The molecule has 1 atom stereocenters. The molecule has 17 heavy (non-hydrogen) atoms. The van der Waals surface area contributed by atoms with Crippen molar-refractivity contribution in [3.05, 3.63) is 18.1 Å². The molecule has 94 valence electrons. The van der Waals surface area contributed by atoms with Crippen molar-refractivity contribution in [2.75, 3.05) is 18.0 Å². The monoisotopic (exact) mass is 237 g/mol. The predicted octanol–water partition coefficient (Wildman–Crippen LogP) is 2.05. The first kappa shape index (κ1) is 13.4. The van der Waals surface area contributed by atoms with Crippen molar-refractivity contribution in [1.29, 1.82) is 0 Å². The van der Waals surface area contributed by atoms with Gasteiger partial charge in [0.1, 0.15) is 0 Å². The molecule has 1 N–H and O–H groups in total. The minimum Gasteiger partial charge on any atom is -0.476 e. The Kier molecular flexibility index (Phi) is 4.87. The van der Waals surface area contributed by atoms with Crippen LogP contribution in [0.2, 0.25) is 0 Å². The lowest BCUT2D eigenvalue weighted by molar-refractivity contribution is 0.0690. The van der Waals surface area contributed by atoms with Gasteiger partial charge >= 0.3 is 5.97 Å². The first-order chi connectivity index (χ1) is 8.10. The van der Waals surface area contributed by atoms with Crippen LogP contribution < -0.4 is 4.90 Å². The second-order valence-corrected chi connectivity index (χ2v) is 4.09. The zero-order valence-corrected chi connectivity index (χ0v) is 10.6. The molecule has 0 fully saturated rings. The van der Waals surface area contributed by atoms with Crippen molar-refractivity contribution in [3.8, 4) is 0 Å². The largest absolute Gasteiger partial charge is 0.476 e. The molecule has 0 aromatic carbocycles. The molecule has 1 rings (SSSR count). The van der Waals surface area contributed by atoms with Gasteiger partial charge in [-0.3, -0.25) is 0 Å². The highest BCUT2D eigenvalue weighted by atomic mass is 16.4. The molecule has 5 heteroatoms. The third kappa shape index (κ3) is 3.41. The SMILES string of the molecule is CCC(C)CN(CC)c1nccnc1C(=O)O. The zero-order chi connectivity index (χ0) is 12.8. The minimum atomic E-state index is -1.03. The van der Waals surface area contributed by atoms with Crippen molar-refractivity contribution in [2.24, 2.45) is 5.92 Å². The lowest BCUT2D eigenvalue weighted by Crippen LogP contribution is -2.30. The number of anilines is 1. The first-order valence-corrected chi connectivity index (χ1v) is 5.89. The maximum absolute atomic E-state index is 11.1. The molecule has 5 nitrogen and oxygen atoms in total. The minimum absolute atomic E-state index is 0.0256. The van der Waals surface area contributed by atoms with Crippen LogP contribution in [0.3, 0.4) is 0 Å². The number of carbonyl (C=O) groups is 1. The van der Waals surface area contributed by atoms with E-state index >= 15 is 0 Å². The van der Waals surface area contributed by atoms with Crippen LogP contribution in [0.15, 0.2) is 12.4 Å². The Morgan fingerprint density at radius 3 is 2.59 bits per heavy atom. The van der Waals surface area contributed by atoms with E-state index in [2.05, 4.69) is 23.8 Å². The molecule has 0 amide bonds. The quantitative estimate of drug-likeness (QED) is 0.820. The van der Waals surface area contributed by atoms with Gasteiger partial charge in [-0.2, -0.15) is 0 Å². The van der Waals surface area contributed by atoms with E-state index in [1.807, 2.05) is 11.8 Å². The van der Waals surface area contributed by atoms with Gasteiger partial charge in [0.05, 0.1) is 0 Å². The molecule has 1 aromatic heterocycles. The summed E-state index contributed by atoms with van der Waals surface area (Å²) in [5.74, 6) is -0.0721. The molecule has 0 spiro atoms. The van der Waals surface area contributed by atoms with Crippen molar-refractivity contribution in [1.82, 2.24) is 9.97 Å². The Morgan fingerprint density at radius 2 is 2.06 bits per heavy atom. The maximum atomic E-state index is 11.1. The van der Waals surface area contributed by atoms with Gasteiger partial charge < -0.3 is 10.0 Å². The fourth-order valence-corrected chi connectivity index (χ4v) is 1.58. The second kappa shape index (κ2) is 6.18. The molecule has 1 unspecified atom stereocenters. The summed E-state index contributed by atoms with van der Waals surface area (Å²) >= 11 is 0. The number of aromatic nitrogens is 2. The van der Waals surface area contributed by atoms with E-state index in [1.54, 1.807) is 0 Å². The molecule has 0 radical (unpaired) electrons. The van der Waals surface area contributed by atoms with Gasteiger partial charge in [0.15, 0.2) is 11.5 Å². The van der Waals surface area contributed by atoms with E-state index in [4.69, 9.17) is 5.11 Å². The van der Waals surface area contributed by atoms with Crippen LogP contribution in [0.4, 0.5) is 5.82 Å². The fraction of sp³-hybridized carbons (Fsp3) is 0.583. The van der Waals surface area contributed by atoms with Crippen molar-refractivity contribution >= 4 is 11.8 Å². The van der Waals surface area contributed by atoms with Crippen LogP contribution in [0, 0.1) is 5.92 Å². The molecule has 0 aliphatic heterocycles.